The number of aromatic nitrogens is 2. The molecule has 176 valence electrons. The number of benzene rings is 1. The zero-order chi connectivity index (χ0) is 23.7. The van der Waals surface area contributed by atoms with E-state index < -0.39 is 5.60 Å². The number of hydrogen-bond donors (Lipinski definition) is 1. The lowest BCUT2D eigenvalue weighted by molar-refractivity contribution is 0.0477. The molecule has 3 aromatic heterocycles. The quantitative estimate of drug-likeness (QED) is 0.433. The van der Waals surface area contributed by atoms with Gasteiger partial charge in [0.25, 0.3) is 0 Å². The van der Waals surface area contributed by atoms with E-state index in [4.69, 9.17) is 14.1 Å². The Hall–Kier alpha value is -3.45. The first-order valence-corrected chi connectivity index (χ1v) is 11.8. The molecule has 0 radical (unpaired) electrons. The summed E-state index contributed by atoms with van der Waals surface area (Å²) in [6, 6.07) is 14.3. The minimum absolute atomic E-state index is 0.140. The molecule has 5 rings (SSSR count). The fourth-order valence-electron chi connectivity index (χ4n) is 4.41. The first-order valence-electron chi connectivity index (χ1n) is 11.8. The highest BCUT2D eigenvalue weighted by atomic mass is 16.6. The smallest absolute Gasteiger partial charge is 0.407 e. The van der Waals surface area contributed by atoms with E-state index in [0.29, 0.717) is 0 Å². The molecule has 1 fully saturated rings. The van der Waals surface area contributed by atoms with Crippen molar-refractivity contribution in [3.63, 3.8) is 0 Å². The Morgan fingerprint density at radius 1 is 1.12 bits per heavy atom. The van der Waals surface area contributed by atoms with Crippen molar-refractivity contribution in [1.29, 1.82) is 0 Å². The van der Waals surface area contributed by atoms with Crippen LogP contribution in [0.2, 0.25) is 0 Å². The lowest BCUT2D eigenvalue weighted by Gasteiger charge is -2.32. The molecule has 0 bridgehead atoms. The lowest BCUT2D eigenvalue weighted by atomic mass is 10.0. The Balaban J connectivity index is 1.28. The maximum absolute atomic E-state index is 12.1. The molecule has 0 spiro atoms. The molecular formula is C27H30N4O3. The third kappa shape index (κ3) is 5.04. The second kappa shape index (κ2) is 9.06. The molecular weight excluding hydrogens is 428 g/mol. The zero-order valence-electron chi connectivity index (χ0n) is 19.9. The first kappa shape index (κ1) is 22.3. The average molecular weight is 459 g/mol. The Kier molecular flexibility index (Phi) is 5.96. The van der Waals surface area contributed by atoms with E-state index in [9.17, 15) is 4.79 Å². The van der Waals surface area contributed by atoms with Crippen LogP contribution in [-0.2, 0) is 11.3 Å². The standard InChI is InChI=1S/C27H30N4O3/c1-27(2,3)34-26(32)30-20-10-12-31(13-11-20)17-21-9-8-19-15-28-16-22(25(19)29-21)24-14-18-6-4-5-7-23(18)33-24/h4-9,14-16,20H,10-13,17H2,1-3H3,(H,30,32). The number of alkyl carbamates (subject to hydrolysis) is 1. The van der Waals surface area contributed by atoms with Gasteiger partial charge in [-0.25, -0.2) is 4.79 Å². The van der Waals surface area contributed by atoms with E-state index in [-0.39, 0.29) is 12.1 Å². The maximum Gasteiger partial charge on any atom is 0.407 e. The van der Waals surface area contributed by atoms with Crippen LogP contribution < -0.4 is 5.32 Å². The number of carbonyl (C=O) groups is 1. The molecule has 0 aliphatic carbocycles. The highest BCUT2D eigenvalue weighted by molar-refractivity contribution is 5.94. The van der Waals surface area contributed by atoms with Crippen molar-refractivity contribution in [3.8, 4) is 11.3 Å². The Morgan fingerprint density at radius 2 is 1.91 bits per heavy atom. The normalized spacial score (nSPS) is 15.6. The summed E-state index contributed by atoms with van der Waals surface area (Å²) in [5.41, 5.74) is 3.18. The van der Waals surface area contributed by atoms with Gasteiger partial charge in [-0.2, -0.15) is 0 Å². The molecule has 7 heteroatoms. The molecule has 0 unspecified atom stereocenters. The molecule has 1 saturated heterocycles. The number of para-hydroxylation sites is 1. The van der Waals surface area contributed by atoms with Crippen LogP contribution in [-0.4, -0.2) is 45.7 Å². The fraction of sp³-hybridized carbons (Fsp3) is 0.370. The van der Waals surface area contributed by atoms with E-state index in [0.717, 1.165) is 71.4 Å². The van der Waals surface area contributed by atoms with Gasteiger partial charge in [0.05, 0.1) is 16.8 Å². The monoisotopic (exact) mass is 458 g/mol. The second-order valence-corrected chi connectivity index (χ2v) is 9.91. The van der Waals surface area contributed by atoms with Gasteiger partial charge in [0.1, 0.15) is 16.9 Å². The number of piperidine rings is 1. The van der Waals surface area contributed by atoms with E-state index in [1.807, 2.05) is 63.5 Å². The van der Waals surface area contributed by atoms with Crippen LogP contribution in [0.4, 0.5) is 4.79 Å². The summed E-state index contributed by atoms with van der Waals surface area (Å²) in [6.45, 7) is 8.18. The fourth-order valence-corrected chi connectivity index (χ4v) is 4.41. The molecule has 0 saturated carbocycles. The predicted octanol–water partition coefficient (Wildman–Crippen LogP) is 5.53. The van der Waals surface area contributed by atoms with Crippen molar-refractivity contribution in [2.75, 3.05) is 13.1 Å². The van der Waals surface area contributed by atoms with E-state index in [2.05, 4.69) is 27.3 Å². The highest BCUT2D eigenvalue weighted by Crippen LogP contribution is 2.31. The number of hydrogen-bond acceptors (Lipinski definition) is 6. The number of carbonyl (C=O) groups excluding carboxylic acids is 1. The van der Waals surface area contributed by atoms with Gasteiger partial charge >= 0.3 is 6.09 Å². The largest absolute Gasteiger partial charge is 0.456 e. The Morgan fingerprint density at radius 3 is 2.68 bits per heavy atom. The minimum Gasteiger partial charge on any atom is -0.456 e. The SMILES string of the molecule is CC(C)(C)OC(=O)NC1CCN(Cc2ccc3cncc(-c4cc5ccccc5o4)c3n2)CC1. The molecule has 1 aliphatic heterocycles. The van der Waals surface area contributed by atoms with Gasteiger partial charge in [-0.1, -0.05) is 18.2 Å². The Labute approximate surface area is 199 Å². The summed E-state index contributed by atoms with van der Waals surface area (Å²) in [4.78, 5) is 23.8. The van der Waals surface area contributed by atoms with E-state index >= 15 is 0 Å². The lowest BCUT2D eigenvalue weighted by Crippen LogP contribution is -2.45. The van der Waals surface area contributed by atoms with Gasteiger partial charge in [-0.3, -0.25) is 14.9 Å². The third-order valence-corrected chi connectivity index (χ3v) is 6.04. The summed E-state index contributed by atoms with van der Waals surface area (Å²) in [5.74, 6) is 0.776. The molecule has 4 heterocycles. The number of furan rings is 1. The second-order valence-electron chi connectivity index (χ2n) is 9.91. The number of likely N-dealkylation sites (tertiary alicyclic amines) is 1. The summed E-state index contributed by atoms with van der Waals surface area (Å²) in [7, 11) is 0. The molecule has 1 amide bonds. The number of rotatable bonds is 4. The van der Waals surface area contributed by atoms with Crippen LogP contribution in [0.25, 0.3) is 33.2 Å². The van der Waals surface area contributed by atoms with Crippen LogP contribution in [0.3, 0.4) is 0 Å². The van der Waals surface area contributed by atoms with Gasteiger partial charge in [0.15, 0.2) is 0 Å². The first-order chi connectivity index (χ1) is 16.3. The highest BCUT2D eigenvalue weighted by Gasteiger charge is 2.24. The third-order valence-electron chi connectivity index (χ3n) is 6.04. The van der Waals surface area contributed by atoms with Gasteiger partial charge in [-0.15, -0.1) is 0 Å². The van der Waals surface area contributed by atoms with Crippen molar-refractivity contribution in [2.45, 2.75) is 51.8 Å². The predicted molar refractivity (Wildman–Crippen MR) is 132 cm³/mol. The van der Waals surface area contributed by atoms with Crippen LogP contribution >= 0.6 is 0 Å². The zero-order valence-corrected chi connectivity index (χ0v) is 19.9. The van der Waals surface area contributed by atoms with Crippen molar-refractivity contribution in [3.05, 3.63) is 60.6 Å². The van der Waals surface area contributed by atoms with Gasteiger partial charge in [0.2, 0.25) is 0 Å². The molecule has 1 aromatic carbocycles. The molecule has 34 heavy (non-hydrogen) atoms. The van der Waals surface area contributed by atoms with Crippen molar-refractivity contribution in [2.24, 2.45) is 0 Å². The summed E-state index contributed by atoms with van der Waals surface area (Å²) in [5, 5.41) is 5.05. The number of ether oxygens (including phenoxy) is 1. The Bertz CT molecular complexity index is 1280. The van der Waals surface area contributed by atoms with E-state index in [1.165, 1.54) is 0 Å². The van der Waals surface area contributed by atoms with Gasteiger partial charge < -0.3 is 14.5 Å². The van der Waals surface area contributed by atoms with Crippen LogP contribution in [0.5, 0.6) is 0 Å². The molecule has 1 aliphatic rings. The van der Waals surface area contributed by atoms with Gasteiger partial charge in [0, 0.05) is 48.8 Å². The minimum atomic E-state index is -0.483. The van der Waals surface area contributed by atoms with E-state index in [1.54, 1.807) is 0 Å². The van der Waals surface area contributed by atoms with Crippen molar-refractivity contribution < 1.29 is 13.9 Å². The summed E-state index contributed by atoms with van der Waals surface area (Å²) >= 11 is 0. The molecule has 7 nitrogen and oxygen atoms in total. The average Bonchev–Trinajstić information content (AvgIpc) is 3.23. The molecule has 4 aromatic rings. The van der Waals surface area contributed by atoms with Crippen molar-refractivity contribution >= 4 is 28.0 Å². The number of pyridine rings is 2. The van der Waals surface area contributed by atoms with Gasteiger partial charge in [-0.05, 0) is 57.9 Å². The summed E-state index contributed by atoms with van der Waals surface area (Å²) < 4.78 is 11.5. The number of fused-ring (bicyclic) bond motifs is 2. The van der Waals surface area contributed by atoms with Crippen LogP contribution in [0, 0.1) is 0 Å². The number of nitrogens with zero attached hydrogens (tertiary/aromatic N) is 3. The number of amides is 1. The van der Waals surface area contributed by atoms with Crippen molar-refractivity contribution in [1.82, 2.24) is 20.2 Å². The molecule has 1 N–H and O–H groups in total. The molecule has 0 atom stereocenters. The maximum atomic E-state index is 12.1. The van der Waals surface area contributed by atoms with Crippen LogP contribution in [0.1, 0.15) is 39.3 Å². The number of nitrogens with one attached hydrogen (secondary N) is 1. The van der Waals surface area contributed by atoms with Crippen LogP contribution in [0.15, 0.2) is 59.3 Å². The summed E-state index contributed by atoms with van der Waals surface area (Å²) in [6.07, 6.45) is 5.10. The topological polar surface area (TPSA) is 80.5 Å².